The Bertz CT molecular complexity index is 615. The minimum atomic E-state index is -0.108. The van der Waals surface area contributed by atoms with Crippen molar-refractivity contribution in [3.63, 3.8) is 0 Å². The Morgan fingerprint density at radius 2 is 1.64 bits per heavy atom. The van der Waals surface area contributed by atoms with Crippen LogP contribution in [-0.2, 0) is 22.6 Å². The van der Waals surface area contributed by atoms with Crippen molar-refractivity contribution in [1.82, 2.24) is 15.1 Å². The summed E-state index contributed by atoms with van der Waals surface area (Å²) in [6, 6.07) is 8.59. The summed E-state index contributed by atoms with van der Waals surface area (Å²) >= 11 is 0. The molecule has 3 atom stereocenters. The van der Waals surface area contributed by atoms with E-state index in [1.165, 1.54) is 31.5 Å². The molecule has 0 aromatic heterocycles. The van der Waals surface area contributed by atoms with Gasteiger partial charge in [0, 0.05) is 26.2 Å². The molecule has 5 heteroatoms. The zero-order valence-electron chi connectivity index (χ0n) is 18.0. The van der Waals surface area contributed by atoms with Crippen LogP contribution in [-0.4, -0.2) is 60.1 Å². The molecule has 1 amide bonds. The van der Waals surface area contributed by atoms with Crippen molar-refractivity contribution in [2.75, 3.05) is 26.2 Å². The number of nitrogens with zero attached hydrogens (tertiary/aromatic N) is 2. The molecule has 1 aromatic carbocycles. The van der Waals surface area contributed by atoms with E-state index < -0.39 is 0 Å². The van der Waals surface area contributed by atoms with Crippen LogP contribution in [0, 0.1) is 5.92 Å². The molecule has 0 saturated carbocycles. The van der Waals surface area contributed by atoms with Crippen LogP contribution in [0.4, 0.5) is 0 Å². The molecular formula is C23H37N3O2. The van der Waals surface area contributed by atoms with Gasteiger partial charge in [-0.3, -0.25) is 14.6 Å². The number of nitrogens with one attached hydrogen (secondary N) is 1. The number of rotatable bonds is 7. The van der Waals surface area contributed by atoms with E-state index in [2.05, 4.69) is 67.1 Å². The summed E-state index contributed by atoms with van der Waals surface area (Å²) in [5.41, 5.74) is 2.51. The highest BCUT2D eigenvalue weighted by Gasteiger charge is 2.33. The van der Waals surface area contributed by atoms with Crippen LogP contribution in [0.25, 0.3) is 0 Å². The van der Waals surface area contributed by atoms with Gasteiger partial charge in [0.05, 0.1) is 18.2 Å². The van der Waals surface area contributed by atoms with E-state index in [4.69, 9.17) is 4.74 Å². The van der Waals surface area contributed by atoms with E-state index in [-0.39, 0.29) is 30.1 Å². The second kappa shape index (κ2) is 9.86. The molecule has 2 aliphatic heterocycles. The number of morpholine rings is 1. The Morgan fingerprint density at radius 1 is 1.07 bits per heavy atom. The topological polar surface area (TPSA) is 44.8 Å². The minimum Gasteiger partial charge on any atom is -0.373 e. The van der Waals surface area contributed by atoms with Gasteiger partial charge in [0.25, 0.3) is 0 Å². The molecule has 1 aromatic rings. The zero-order chi connectivity index (χ0) is 20.1. The SMILES string of the molecule is CC1CN(C(C(=O)NCc2ccc(CN3CCCC3)cc2)C(C)C)CC(C)O1. The smallest absolute Gasteiger partial charge is 0.237 e. The average Bonchev–Trinajstić information content (AvgIpc) is 3.13. The number of hydrogen-bond acceptors (Lipinski definition) is 4. The van der Waals surface area contributed by atoms with Crippen LogP contribution in [0.15, 0.2) is 24.3 Å². The van der Waals surface area contributed by atoms with Crippen LogP contribution in [0.2, 0.25) is 0 Å². The molecule has 28 heavy (non-hydrogen) atoms. The van der Waals surface area contributed by atoms with Crippen molar-refractivity contribution in [2.24, 2.45) is 5.92 Å². The molecule has 1 N–H and O–H groups in total. The van der Waals surface area contributed by atoms with E-state index in [0.29, 0.717) is 6.54 Å². The predicted octanol–water partition coefficient (Wildman–Crippen LogP) is 3.03. The Hall–Kier alpha value is -1.43. The molecule has 3 unspecified atom stereocenters. The molecule has 2 heterocycles. The molecule has 5 nitrogen and oxygen atoms in total. The third kappa shape index (κ3) is 5.79. The first-order chi connectivity index (χ1) is 13.4. The number of carbonyl (C=O) groups is 1. The molecule has 3 rings (SSSR count). The minimum absolute atomic E-state index is 0.108. The van der Waals surface area contributed by atoms with Crippen molar-refractivity contribution in [3.05, 3.63) is 35.4 Å². The van der Waals surface area contributed by atoms with Gasteiger partial charge in [0.15, 0.2) is 0 Å². The lowest BCUT2D eigenvalue weighted by atomic mass is 9.99. The summed E-state index contributed by atoms with van der Waals surface area (Å²) in [6.07, 6.45) is 2.98. The molecule has 0 bridgehead atoms. The van der Waals surface area contributed by atoms with Crippen molar-refractivity contribution in [1.29, 1.82) is 0 Å². The molecule has 156 valence electrons. The van der Waals surface area contributed by atoms with Crippen LogP contribution in [0.5, 0.6) is 0 Å². The maximum atomic E-state index is 13.0. The van der Waals surface area contributed by atoms with Crippen molar-refractivity contribution in [3.8, 4) is 0 Å². The number of likely N-dealkylation sites (tertiary alicyclic amines) is 1. The van der Waals surface area contributed by atoms with Gasteiger partial charge in [-0.1, -0.05) is 38.1 Å². The molecule has 0 radical (unpaired) electrons. The first-order valence-corrected chi connectivity index (χ1v) is 10.9. The Balaban J connectivity index is 1.53. The normalized spacial score (nSPS) is 25.2. The Kier molecular flexibility index (Phi) is 7.49. The molecule has 2 fully saturated rings. The number of amides is 1. The predicted molar refractivity (Wildman–Crippen MR) is 113 cm³/mol. The second-order valence-corrected chi connectivity index (χ2v) is 8.92. The van der Waals surface area contributed by atoms with Gasteiger partial charge in [0.2, 0.25) is 5.91 Å². The zero-order valence-corrected chi connectivity index (χ0v) is 18.0. The largest absolute Gasteiger partial charge is 0.373 e. The maximum absolute atomic E-state index is 13.0. The molecule has 0 aliphatic carbocycles. The van der Waals surface area contributed by atoms with Gasteiger partial charge >= 0.3 is 0 Å². The van der Waals surface area contributed by atoms with Crippen LogP contribution < -0.4 is 5.32 Å². The molecule has 2 saturated heterocycles. The fourth-order valence-corrected chi connectivity index (χ4v) is 4.59. The maximum Gasteiger partial charge on any atom is 0.237 e. The number of carbonyl (C=O) groups excluding carboxylic acids is 1. The van der Waals surface area contributed by atoms with E-state index in [1.54, 1.807) is 0 Å². The summed E-state index contributed by atoms with van der Waals surface area (Å²) in [5, 5.41) is 3.17. The second-order valence-electron chi connectivity index (χ2n) is 8.92. The van der Waals surface area contributed by atoms with Crippen LogP contribution in [0.3, 0.4) is 0 Å². The van der Waals surface area contributed by atoms with Gasteiger partial charge in [-0.15, -0.1) is 0 Å². The first-order valence-electron chi connectivity index (χ1n) is 10.9. The fourth-order valence-electron chi connectivity index (χ4n) is 4.59. The molecular weight excluding hydrogens is 350 g/mol. The first kappa shape index (κ1) is 21.3. The van der Waals surface area contributed by atoms with Crippen molar-refractivity contribution in [2.45, 2.75) is 71.9 Å². The van der Waals surface area contributed by atoms with Gasteiger partial charge < -0.3 is 10.1 Å². The molecule has 0 spiro atoms. The van der Waals surface area contributed by atoms with E-state index in [1.807, 2.05) is 0 Å². The van der Waals surface area contributed by atoms with E-state index in [9.17, 15) is 4.79 Å². The average molecular weight is 388 g/mol. The Morgan fingerprint density at radius 3 is 2.21 bits per heavy atom. The number of hydrogen-bond donors (Lipinski definition) is 1. The van der Waals surface area contributed by atoms with Crippen LogP contribution in [0.1, 0.15) is 51.7 Å². The molecule has 2 aliphatic rings. The number of benzene rings is 1. The third-order valence-electron chi connectivity index (χ3n) is 5.84. The summed E-state index contributed by atoms with van der Waals surface area (Å²) < 4.78 is 5.84. The highest BCUT2D eigenvalue weighted by atomic mass is 16.5. The lowest BCUT2D eigenvalue weighted by Gasteiger charge is -2.41. The monoisotopic (exact) mass is 387 g/mol. The van der Waals surface area contributed by atoms with Gasteiger partial charge in [-0.2, -0.15) is 0 Å². The highest BCUT2D eigenvalue weighted by Crippen LogP contribution is 2.19. The highest BCUT2D eigenvalue weighted by molar-refractivity contribution is 5.82. The van der Waals surface area contributed by atoms with Crippen LogP contribution >= 0.6 is 0 Å². The lowest BCUT2D eigenvalue weighted by Crippen LogP contribution is -2.56. The number of ether oxygens (including phenoxy) is 1. The standard InChI is InChI=1S/C23H37N3O2/c1-17(2)22(26-14-18(3)28-19(4)15-26)23(27)24-13-20-7-9-21(10-8-20)16-25-11-5-6-12-25/h7-10,17-19,22H,5-6,11-16H2,1-4H3,(H,24,27). The van der Waals surface area contributed by atoms with Gasteiger partial charge in [-0.05, 0) is 56.8 Å². The van der Waals surface area contributed by atoms with Gasteiger partial charge in [-0.25, -0.2) is 0 Å². The fraction of sp³-hybridized carbons (Fsp3) is 0.696. The lowest BCUT2D eigenvalue weighted by molar-refractivity contribution is -0.135. The third-order valence-corrected chi connectivity index (χ3v) is 5.84. The van der Waals surface area contributed by atoms with Crippen molar-refractivity contribution < 1.29 is 9.53 Å². The van der Waals surface area contributed by atoms with E-state index >= 15 is 0 Å². The Labute approximate surface area is 170 Å². The summed E-state index contributed by atoms with van der Waals surface area (Å²) in [5.74, 6) is 0.387. The summed E-state index contributed by atoms with van der Waals surface area (Å²) in [7, 11) is 0. The van der Waals surface area contributed by atoms with E-state index in [0.717, 1.165) is 25.2 Å². The van der Waals surface area contributed by atoms with Crippen molar-refractivity contribution >= 4 is 5.91 Å². The van der Waals surface area contributed by atoms with Gasteiger partial charge in [0.1, 0.15) is 0 Å². The summed E-state index contributed by atoms with van der Waals surface area (Å²) in [6.45, 7) is 14.1. The summed E-state index contributed by atoms with van der Waals surface area (Å²) in [4.78, 5) is 17.8. The quantitative estimate of drug-likeness (QED) is 0.781.